The number of halogens is 8. The summed E-state index contributed by atoms with van der Waals surface area (Å²) in [6.45, 7) is 41.0. The number of hydrogen-bond acceptors (Lipinski definition) is 2. The molecule has 1 aliphatic carbocycles. The second-order valence-electron chi connectivity index (χ2n) is 31.7. The third-order valence-corrected chi connectivity index (χ3v) is 27.6. The molecule has 3 nitrogen and oxygen atoms in total. The number of anilines is 3. The number of para-hydroxylation sites is 4. The van der Waals surface area contributed by atoms with E-state index >= 15 is 0 Å². The van der Waals surface area contributed by atoms with E-state index in [0.29, 0.717) is 6.04 Å². The molecule has 0 saturated heterocycles. The van der Waals surface area contributed by atoms with Gasteiger partial charge in [0.15, 0.2) is 14.3 Å². The largest absolute Gasteiger partial charge is 1.00 e. The van der Waals surface area contributed by atoms with Gasteiger partial charge in [0.1, 0.15) is 17.9 Å². The minimum absolute atomic E-state index is 0. The predicted molar refractivity (Wildman–Crippen MR) is 536 cm³/mol. The maximum atomic E-state index is 9.84. The molecule has 0 saturated carbocycles. The fourth-order valence-electron chi connectivity index (χ4n) is 16.2. The Bertz CT molecular complexity index is 4980. The number of quaternary nitrogens is 1. The van der Waals surface area contributed by atoms with E-state index in [4.69, 9.17) is 0 Å². The number of nitrogens with zero attached hydrogens (tertiary/aromatic N) is 2. The number of rotatable bonds is 20. The summed E-state index contributed by atoms with van der Waals surface area (Å²) in [5.41, 5.74) is 24.3. The van der Waals surface area contributed by atoms with Gasteiger partial charge >= 0.3 is 71.6 Å². The Labute approximate surface area is 786 Å². The van der Waals surface area contributed by atoms with Crippen molar-refractivity contribution in [3.63, 3.8) is 0 Å². The first-order valence-electron chi connectivity index (χ1n) is 45.5. The second-order valence-corrected chi connectivity index (χ2v) is 39.0. The van der Waals surface area contributed by atoms with Crippen LogP contribution >= 0.6 is 8.16 Å². The molecule has 3 aliphatic rings. The van der Waals surface area contributed by atoms with E-state index < -0.39 is 14.3 Å². The fourth-order valence-corrected chi connectivity index (χ4v) is 20.5. The van der Waals surface area contributed by atoms with Gasteiger partial charge < -0.3 is 14.5 Å². The zero-order valence-electron chi connectivity index (χ0n) is 78.6. The van der Waals surface area contributed by atoms with Gasteiger partial charge in [-0.15, -0.1) is 0 Å². The first kappa shape index (κ1) is 107. The van der Waals surface area contributed by atoms with Crippen LogP contribution < -0.4 is 83.7 Å². The number of fused-ring (bicyclic) bond motifs is 2. The molecule has 0 spiro atoms. The van der Waals surface area contributed by atoms with Gasteiger partial charge in [0, 0.05) is 40.3 Å². The minimum atomic E-state index is -8.55. The molecular formula is C115H136BF6I2N3P+. The molecule has 2 atom stereocenters. The number of unbranched alkanes of at least 4 members (excludes halogenated alkanes) is 2. The molecule has 0 aromatic heterocycles. The first-order chi connectivity index (χ1) is 61.4. The number of benzene rings is 13. The number of nitrogens with one attached hydrogen (secondary N) is 1. The average molecular weight is 1970 g/mol. The molecular weight excluding hydrogens is 1830 g/mol. The Balaban J connectivity index is 0.000000274. The van der Waals surface area contributed by atoms with Gasteiger partial charge in [0.05, 0.1) is 17.7 Å². The summed E-state index contributed by atoms with van der Waals surface area (Å²) < 4.78 is 55.2. The van der Waals surface area contributed by atoms with Crippen LogP contribution in [0.1, 0.15) is 169 Å². The van der Waals surface area contributed by atoms with Crippen molar-refractivity contribution in [3.8, 4) is 0 Å². The van der Waals surface area contributed by atoms with E-state index in [0.717, 1.165) is 25.9 Å². The van der Waals surface area contributed by atoms with E-state index in [1.807, 2.05) is 91.8 Å². The number of hydrogen-bond donors (Lipinski definition) is 1. The molecule has 1 N–H and O–H groups in total. The fraction of sp³-hybridized carbons (Fsp3) is 0.252. The van der Waals surface area contributed by atoms with Crippen LogP contribution in [0.25, 0.3) is 0 Å². The van der Waals surface area contributed by atoms with E-state index in [2.05, 4.69) is 431 Å². The monoisotopic (exact) mass is 1970 g/mol. The molecule has 0 fully saturated rings. The summed E-state index contributed by atoms with van der Waals surface area (Å²) in [6.07, 6.45) is 15.6. The minimum Gasteiger partial charge on any atom is -1.00 e. The van der Waals surface area contributed by atoms with Crippen molar-refractivity contribution in [2.75, 3.05) is 22.9 Å². The predicted octanol–water partition coefficient (Wildman–Crippen LogP) is 21.2. The zero-order chi connectivity index (χ0) is 92.3. The Morgan fingerprint density at radius 1 is 0.398 bits per heavy atom. The molecule has 13 aromatic carbocycles. The van der Waals surface area contributed by atoms with Crippen LogP contribution in [0.2, 0.25) is 0 Å². The van der Waals surface area contributed by atoms with Gasteiger partial charge in [-0.25, -0.2) is 0 Å². The molecule has 2 heterocycles. The summed E-state index contributed by atoms with van der Waals surface area (Å²) >= 11 is 0.00627. The summed E-state index contributed by atoms with van der Waals surface area (Å²) in [5, 5.41) is 0. The van der Waals surface area contributed by atoms with Crippen LogP contribution in [0.5, 0.6) is 0 Å². The van der Waals surface area contributed by atoms with Crippen LogP contribution in [0.15, 0.2) is 411 Å². The quantitative estimate of drug-likeness (QED) is 0.0353. The van der Waals surface area contributed by atoms with Gasteiger partial charge in [-0.1, -0.05) is 409 Å². The van der Waals surface area contributed by atoms with Gasteiger partial charge in [-0.2, -0.15) is 21.9 Å². The van der Waals surface area contributed by atoms with Crippen LogP contribution in [0, 0.1) is 42.0 Å². The van der Waals surface area contributed by atoms with Crippen molar-refractivity contribution in [2.45, 2.75) is 180 Å². The van der Waals surface area contributed by atoms with Crippen molar-refractivity contribution in [3.05, 3.63) is 458 Å². The van der Waals surface area contributed by atoms with Gasteiger partial charge in [-0.05, 0) is 181 Å². The topological polar surface area (TPSA) is 10.9 Å². The van der Waals surface area contributed by atoms with E-state index in [1.165, 1.54) is 140 Å². The van der Waals surface area contributed by atoms with E-state index in [9.17, 15) is 21.0 Å². The molecule has 13 aromatic rings. The van der Waals surface area contributed by atoms with Crippen LogP contribution in [-0.2, 0) is 10.8 Å². The smallest absolute Gasteiger partial charge is 0.108 e. The molecule has 674 valence electrons. The Kier molecular flexibility index (Phi) is 45.3. The molecule has 13 heteroatoms. The average Bonchev–Trinajstić information content (AvgIpc) is 1.15. The number of allylic oxidation sites excluding steroid dienone is 6. The Hall–Kier alpha value is -10.1. The molecule has 0 radical (unpaired) electrons. The first-order valence-corrected chi connectivity index (χ1v) is 51.5. The molecule has 0 bridgehead atoms. The summed E-state index contributed by atoms with van der Waals surface area (Å²) in [7, 11) is -8.55. The summed E-state index contributed by atoms with van der Waals surface area (Å²) in [5.74, 6) is 0. The van der Waals surface area contributed by atoms with Crippen molar-refractivity contribution in [1.82, 2.24) is 0 Å². The standard InChI is InChI=1S/C49H57N3.C24H20B.2C14H14I.C6H6.4C2H6.F5P.FH/c1-7-9-35-50-43-27-19-17-25-41(43)48(3,4)45(50)33-31-37-29-30-38(47(37)52(39-21-13-11-14-22-39)40-23-15-12-16-24-40)32-34-46-49(5,6)42-26-18-20-28-44(42)51(46)36-10-8-2;1-5-13-21(14-6-1)25(22-15-7-2-8-16-22,23-17-9-3-10-18-23)24-19-11-4-12-20-24;2*1-11-3-7-13(8-4-11)15-14-9-5-12(2)6-10-14;1-2-4-6-5-3-1;4*1-2;1-6(2,3,4)5;/h11-28,31-34,45H,7-10,29-30,35-36H2,1-6H3;1-20H;2*3-10H,1-2H3;1-6H;4*1-2H3;;1H/q;-1;2*+1;;;;;;;/b33-31+,38-32+,46-34+;;;;;;;;;;. The molecule has 2 aliphatic heterocycles. The van der Waals surface area contributed by atoms with E-state index in [-0.39, 0.29) is 57.9 Å². The van der Waals surface area contributed by atoms with Crippen molar-refractivity contribution in [2.24, 2.45) is 0 Å². The third kappa shape index (κ3) is 31.4. The SMILES string of the molecule is CC.CC.CC.CC.CCCCN1/C(=C/C=C2\CCC(/C=C/C3[NH+](CCCC)c4ccccc4C3(C)C)=C2N(c2ccccc2)c2ccccc2)C(C)(C)c2ccccc21.Cc1ccc([I+]c2ccc(C)cc2)cc1.Cc1ccc([I+]c2ccc(C)cc2)cc1.FP(F)(F)(F)F.[F-].c1ccc([B-](c2ccccc2)(c2ccccc2)c2ccccc2)cc1.c1ccccc1. The van der Waals surface area contributed by atoms with E-state index in [1.54, 1.807) is 4.90 Å². The maximum Gasteiger partial charge on any atom is 0.108 e. The molecule has 2 unspecified atom stereocenters. The Morgan fingerprint density at radius 2 is 0.711 bits per heavy atom. The van der Waals surface area contributed by atoms with Crippen LogP contribution in [-0.4, -0.2) is 25.3 Å². The van der Waals surface area contributed by atoms with Crippen LogP contribution in [0.3, 0.4) is 0 Å². The van der Waals surface area contributed by atoms with Crippen molar-refractivity contribution >= 4 is 58.9 Å². The zero-order valence-corrected chi connectivity index (χ0v) is 83.8. The second kappa shape index (κ2) is 54.4. The number of aryl methyl sites for hydroxylation is 4. The molecule has 16 rings (SSSR count). The third-order valence-electron chi connectivity index (χ3n) is 22.3. The van der Waals surface area contributed by atoms with Crippen molar-refractivity contribution < 1.29 is 73.0 Å². The summed E-state index contributed by atoms with van der Waals surface area (Å²) in [4.78, 5) is 6.71. The molecule has 128 heavy (non-hydrogen) atoms. The maximum absolute atomic E-state index is 9.84. The van der Waals surface area contributed by atoms with Gasteiger partial charge in [0.25, 0.3) is 0 Å². The summed E-state index contributed by atoms with van der Waals surface area (Å²) in [6, 6.07) is 132. The van der Waals surface area contributed by atoms with Crippen LogP contribution in [0.4, 0.5) is 43.7 Å². The Morgan fingerprint density at radius 3 is 1.06 bits per heavy atom. The molecule has 0 amide bonds. The van der Waals surface area contributed by atoms with Gasteiger partial charge in [0.2, 0.25) is 0 Å². The van der Waals surface area contributed by atoms with Crippen molar-refractivity contribution in [1.29, 1.82) is 0 Å². The van der Waals surface area contributed by atoms with Gasteiger partial charge in [-0.3, -0.25) is 4.90 Å². The normalized spacial score (nSPS) is 14.9.